The van der Waals surface area contributed by atoms with E-state index >= 15 is 0 Å². The molecule has 0 radical (unpaired) electrons. The molecule has 2 aromatic carbocycles. The van der Waals surface area contributed by atoms with Crippen LogP contribution >= 0.6 is 0 Å². The fraction of sp³-hybridized carbons (Fsp3) is 0.0882. The minimum absolute atomic E-state index is 0.309. The molecule has 2 heteroatoms. The number of pyridine rings is 1. The second kappa shape index (κ2) is 8.66. The van der Waals surface area contributed by atoms with Gasteiger partial charge in [0, 0.05) is 40.4 Å². The molecule has 1 unspecified atom stereocenters. The largest absolute Gasteiger partial charge is 0.309 e. The highest BCUT2D eigenvalue weighted by atomic mass is 15.0. The van der Waals surface area contributed by atoms with Crippen LogP contribution < -0.4 is 0 Å². The summed E-state index contributed by atoms with van der Waals surface area (Å²) in [5.74, 6) is 0.309. The Labute approximate surface area is 211 Å². The molecule has 4 aliphatic rings. The second-order valence-corrected chi connectivity index (χ2v) is 9.53. The molecule has 4 aromatic rings. The molecule has 0 aliphatic heterocycles. The van der Waals surface area contributed by atoms with E-state index in [4.69, 9.17) is 0 Å². The lowest BCUT2D eigenvalue weighted by molar-refractivity contribution is 0.704. The van der Waals surface area contributed by atoms with Gasteiger partial charge in [-0.3, -0.25) is 4.98 Å². The molecule has 2 aromatic heterocycles. The van der Waals surface area contributed by atoms with Crippen molar-refractivity contribution < 1.29 is 0 Å². The van der Waals surface area contributed by atoms with Gasteiger partial charge in [0.2, 0.25) is 0 Å². The van der Waals surface area contributed by atoms with Crippen LogP contribution in [0.4, 0.5) is 0 Å². The van der Waals surface area contributed by atoms with Crippen molar-refractivity contribution in [3.05, 3.63) is 150 Å². The lowest BCUT2D eigenvalue weighted by Gasteiger charge is -2.25. The van der Waals surface area contributed by atoms with E-state index in [1.54, 1.807) is 0 Å². The van der Waals surface area contributed by atoms with Crippen molar-refractivity contribution in [2.75, 3.05) is 0 Å². The van der Waals surface area contributed by atoms with Gasteiger partial charge in [0.25, 0.3) is 0 Å². The van der Waals surface area contributed by atoms with Gasteiger partial charge in [-0.1, -0.05) is 91.1 Å². The fourth-order valence-corrected chi connectivity index (χ4v) is 5.86. The Hall–Kier alpha value is -4.43. The minimum atomic E-state index is 0.309. The highest BCUT2D eigenvalue weighted by Gasteiger charge is 2.27. The molecule has 172 valence electrons. The lowest BCUT2D eigenvalue weighted by Crippen LogP contribution is -2.09. The van der Waals surface area contributed by atoms with Gasteiger partial charge in [-0.25, -0.2) is 0 Å². The molecule has 8 rings (SSSR count). The third kappa shape index (κ3) is 3.37. The zero-order valence-corrected chi connectivity index (χ0v) is 20.0. The van der Waals surface area contributed by atoms with Gasteiger partial charge in [-0.05, 0) is 59.4 Å². The maximum Gasteiger partial charge on any atom is 0.0541 e. The van der Waals surface area contributed by atoms with Crippen LogP contribution in [0.2, 0.25) is 0 Å². The van der Waals surface area contributed by atoms with Crippen LogP contribution in [0.3, 0.4) is 0 Å². The third-order valence-electron chi connectivity index (χ3n) is 7.48. The van der Waals surface area contributed by atoms with E-state index in [2.05, 4.69) is 125 Å². The highest BCUT2D eigenvalue weighted by Crippen LogP contribution is 2.44. The summed E-state index contributed by atoms with van der Waals surface area (Å²) in [7, 11) is 0. The first kappa shape index (κ1) is 20.9. The minimum Gasteiger partial charge on any atom is -0.309 e. The van der Waals surface area contributed by atoms with E-state index in [1.165, 1.54) is 55.4 Å². The number of fused-ring (bicyclic) bond motifs is 5. The Morgan fingerprint density at radius 3 is 2.28 bits per heavy atom. The number of allylic oxidation sites excluding steroid dienone is 14. The fourth-order valence-electron chi connectivity index (χ4n) is 5.86. The van der Waals surface area contributed by atoms with E-state index in [-0.39, 0.29) is 0 Å². The van der Waals surface area contributed by atoms with Crippen LogP contribution in [-0.2, 0) is 0 Å². The summed E-state index contributed by atoms with van der Waals surface area (Å²) in [6, 6.07) is 21.8. The number of nitrogens with zero attached hydrogens (tertiary/aromatic N) is 2. The molecule has 0 saturated carbocycles. The summed E-state index contributed by atoms with van der Waals surface area (Å²) < 4.78 is 2.48. The SMILES string of the molecule is C1=CC2=C/C=C(/c3ccncc3)C3=C1C(n1c4ccccc4c4ccccc41)=CCCC3/C=C\C=C\2. The normalized spacial score (nSPS) is 23.9. The zero-order valence-electron chi connectivity index (χ0n) is 20.0. The number of hydrogen-bond donors (Lipinski definition) is 0. The summed E-state index contributed by atoms with van der Waals surface area (Å²) in [6.07, 6.45) is 26.4. The monoisotopic (exact) mass is 462 g/mol. The topological polar surface area (TPSA) is 17.8 Å². The first-order valence-corrected chi connectivity index (χ1v) is 12.7. The van der Waals surface area contributed by atoms with Crippen molar-refractivity contribution in [3.8, 4) is 0 Å². The molecule has 0 N–H and O–H groups in total. The Kier molecular flexibility index (Phi) is 5.03. The van der Waals surface area contributed by atoms with E-state index in [0.717, 1.165) is 12.8 Å². The standard InChI is InChI=1S/C34H26N2/c1-2-9-26-10-7-15-33(36-31-13-5-3-11-28(31)29-12-4-6-14-32(29)36)30-19-17-24(8-1)16-18-27(34(26)30)25-20-22-35-23-21-25/h1-6,8-9,11-23,26H,7,10H2/b8-1+,9-2-,18-16?,19-17?,24-16+,24-17?,27-18-,30-19?,34-27?. The van der Waals surface area contributed by atoms with E-state index in [1.807, 2.05) is 12.4 Å². The van der Waals surface area contributed by atoms with Crippen LogP contribution in [0.5, 0.6) is 0 Å². The van der Waals surface area contributed by atoms with Gasteiger partial charge in [-0.15, -0.1) is 0 Å². The first-order valence-electron chi connectivity index (χ1n) is 12.7. The van der Waals surface area contributed by atoms with Crippen molar-refractivity contribution >= 4 is 33.1 Å². The molecule has 0 fully saturated rings. The smallest absolute Gasteiger partial charge is 0.0541 e. The molecule has 2 nitrogen and oxygen atoms in total. The van der Waals surface area contributed by atoms with Gasteiger partial charge >= 0.3 is 0 Å². The summed E-state index contributed by atoms with van der Waals surface area (Å²) in [4.78, 5) is 4.30. The van der Waals surface area contributed by atoms with Crippen molar-refractivity contribution in [2.24, 2.45) is 5.92 Å². The van der Waals surface area contributed by atoms with Crippen molar-refractivity contribution in [2.45, 2.75) is 12.8 Å². The average Bonchev–Trinajstić information content (AvgIpc) is 3.16. The van der Waals surface area contributed by atoms with Crippen LogP contribution in [0.15, 0.2) is 144 Å². The van der Waals surface area contributed by atoms with Crippen LogP contribution in [0.1, 0.15) is 18.4 Å². The average molecular weight is 463 g/mol. The van der Waals surface area contributed by atoms with Crippen LogP contribution in [-0.4, -0.2) is 9.55 Å². The lowest BCUT2D eigenvalue weighted by atomic mass is 9.81. The van der Waals surface area contributed by atoms with Crippen LogP contribution in [0.25, 0.3) is 33.1 Å². The van der Waals surface area contributed by atoms with Gasteiger partial charge in [0.05, 0.1) is 11.0 Å². The molecule has 4 bridgehead atoms. The molecule has 4 aliphatic carbocycles. The predicted octanol–water partition coefficient (Wildman–Crippen LogP) is 8.44. The maximum absolute atomic E-state index is 4.30. The molecule has 2 heterocycles. The van der Waals surface area contributed by atoms with Gasteiger partial charge in [0.1, 0.15) is 0 Å². The second-order valence-electron chi connectivity index (χ2n) is 9.53. The molecule has 0 saturated heterocycles. The van der Waals surface area contributed by atoms with Gasteiger partial charge in [-0.2, -0.15) is 0 Å². The summed E-state index contributed by atoms with van der Waals surface area (Å²) in [5, 5.41) is 2.59. The van der Waals surface area contributed by atoms with E-state index < -0.39 is 0 Å². The summed E-state index contributed by atoms with van der Waals surface area (Å²) >= 11 is 0. The van der Waals surface area contributed by atoms with Crippen molar-refractivity contribution in [1.29, 1.82) is 0 Å². The van der Waals surface area contributed by atoms with Crippen molar-refractivity contribution in [3.63, 3.8) is 0 Å². The Morgan fingerprint density at radius 2 is 1.50 bits per heavy atom. The van der Waals surface area contributed by atoms with E-state index in [9.17, 15) is 0 Å². The van der Waals surface area contributed by atoms with Crippen molar-refractivity contribution in [1.82, 2.24) is 9.55 Å². The quantitative estimate of drug-likeness (QED) is 0.292. The van der Waals surface area contributed by atoms with Gasteiger partial charge < -0.3 is 4.57 Å². The number of para-hydroxylation sites is 2. The Morgan fingerprint density at radius 1 is 0.750 bits per heavy atom. The third-order valence-corrected chi connectivity index (χ3v) is 7.48. The molecule has 0 spiro atoms. The van der Waals surface area contributed by atoms with E-state index in [0.29, 0.717) is 5.92 Å². The first-order chi connectivity index (χ1) is 17.9. The molecular formula is C34H26N2. The number of hydrogen-bond acceptors (Lipinski definition) is 1. The predicted molar refractivity (Wildman–Crippen MR) is 151 cm³/mol. The number of rotatable bonds is 2. The highest BCUT2D eigenvalue weighted by molar-refractivity contribution is 6.11. The Bertz CT molecular complexity index is 1660. The number of aromatic nitrogens is 2. The molecule has 0 amide bonds. The maximum atomic E-state index is 4.30. The summed E-state index contributed by atoms with van der Waals surface area (Å²) in [5.41, 5.74) is 10.1. The molecule has 36 heavy (non-hydrogen) atoms. The Balaban J connectivity index is 1.58. The zero-order chi connectivity index (χ0) is 23.9. The molecular weight excluding hydrogens is 436 g/mol. The summed E-state index contributed by atoms with van der Waals surface area (Å²) in [6.45, 7) is 0. The van der Waals surface area contributed by atoms with Crippen LogP contribution in [0, 0.1) is 5.92 Å². The van der Waals surface area contributed by atoms with Gasteiger partial charge in [0.15, 0.2) is 0 Å². The number of benzene rings is 2. The molecule has 1 atom stereocenters.